The molecule has 88 valence electrons. The lowest BCUT2D eigenvalue weighted by molar-refractivity contribution is 0.561. The van der Waals surface area contributed by atoms with Crippen molar-refractivity contribution in [3.05, 3.63) is 22.2 Å². The molecule has 16 heavy (non-hydrogen) atoms. The molecule has 0 aliphatic heterocycles. The second-order valence-corrected chi connectivity index (χ2v) is 4.81. The highest BCUT2D eigenvalue weighted by atomic mass is 35.5. The first-order valence-electron chi connectivity index (χ1n) is 3.95. The Bertz CT molecular complexity index is 430. The molecule has 0 aliphatic carbocycles. The van der Waals surface area contributed by atoms with E-state index in [-0.39, 0.29) is 20.8 Å². The topological polar surface area (TPSA) is 58.6 Å². The van der Waals surface area contributed by atoms with Gasteiger partial charge in [-0.05, 0) is 24.4 Å². The fourth-order valence-electron chi connectivity index (χ4n) is 0.961. The first-order valence-corrected chi connectivity index (χ1v) is 6.22. The largest absolute Gasteiger partial charge is 0.447 e. The molecule has 0 radical (unpaired) electrons. The summed E-state index contributed by atoms with van der Waals surface area (Å²) in [6.45, 7) is 1.58. The summed E-state index contributed by atoms with van der Waals surface area (Å²) in [5.41, 5.74) is 0.310. The number of thiocarbonyl (C=S) groups is 1. The maximum atomic E-state index is 10.5. The Morgan fingerprint density at radius 2 is 2.00 bits per heavy atom. The van der Waals surface area contributed by atoms with Crippen molar-refractivity contribution in [1.82, 2.24) is 0 Å². The number of halogens is 2. The van der Waals surface area contributed by atoms with E-state index in [1.165, 1.54) is 12.1 Å². The third kappa shape index (κ3) is 3.88. The quantitative estimate of drug-likeness (QED) is 0.664. The van der Waals surface area contributed by atoms with Crippen molar-refractivity contribution in [2.45, 2.75) is 6.92 Å². The molecule has 1 aromatic rings. The van der Waals surface area contributed by atoms with Crippen molar-refractivity contribution in [2.24, 2.45) is 0 Å². The van der Waals surface area contributed by atoms with Gasteiger partial charge in [0.1, 0.15) is 0 Å². The summed E-state index contributed by atoms with van der Waals surface area (Å²) in [6.07, 6.45) is 0. The van der Waals surface area contributed by atoms with E-state index in [0.717, 1.165) is 0 Å². The Labute approximate surface area is 110 Å². The second-order valence-electron chi connectivity index (χ2n) is 2.71. The van der Waals surface area contributed by atoms with Gasteiger partial charge in [-0.3, -0.25) is 9.27 Å². The zero-order valence-electron chi connectivity index (χ0n) is 7.99. The number of hydrogen-bond acceptors (Lipinski definition) is 3. The standard InChI is InChI=1S/C8H7Cl2NO3S2/c1-4(15)14-8-6(9)2-5(3-7(8)10)11-16(12)13/h2-3,11H,1H3,(H,12,13). The lowest BCUT2D eigenvalue weighted by atomic mass is 10.3. The van der Waals surface area contributed by atoms with Crippen molar-refractivity contribution in [3.8, 4) is 5.75 Å². The molecule has 0 saturated carbocycles. The number of rotatable bonds is 3. The molecule has 2 N–H and O–H groups in total. The van der Waals surface area contributed by atoms with Crippen LogP contribution < -0.4 is 9.46 Å². The molecule has 0 fully saturated rings. The van der Waals surface area contributed by atoms with E-state index in [2.05, 4.69) is 4.72 Å². The molecule has 0 aliphatic rings. The van der Waals surface area contributed by atoms with Crippen molar-refractivity contribution in [1.29, 1.82) is 0 Å². The van der Waals surface area contributed by atoms with Crippen molar-refractivity contribution >= 4 is 57.4 Å². The number of hydrogen-bond donors (Lipinski definition) is 2. The highest BCUT2D eigenvalue weighted by Gasteiger charge is 2.11. The van der Waals surface area contributed by atoms with E-state index in [9.17, 15) is 4.21 Å². The second kappa shape index (κ2) is 5.79. The van der Waals surface area contributed by atoms with Crippen molar-refractivity contribution < 1.29 is 13.5 Å². The highest BCUT2D eigenvalue weighted by molar-refractivity contribution is 7.80. The Morgan fingerprint density at radius 1 is 1.50 bits per heavy atom. The maximum absolute atomic E-state index is 10.5. The molecule has 0 aromatic heterocycles. The van der Waals surface area contributed by atoms with Gasteiger partial charge < -0.3 is 4.74 Å². The van der Waals surface area contributed by atoms with E-state index in [1.54, 1.807) is 6.92 Å². The number of anilines is 1. The Hall–Kier alpha value is -0.400. The summed E-state index contributed by atoms with van der Waals surface area (Å²) < 4.78 is 26.5. The molecule has 0 amide bonds. The van der Waals surface area contributed by atoms with Crippen LogP contribution in [0.15, 0.2) is 12.1 Å². The van der Waals surface area contributed by atoms with Crippen LogP contribution in [0.2, 0.25) is 10.0 Å². The van der Waals surface area contributed by atoms with Crippen LogP contribution in [0.3, 0.4) is 0 Å². The maximum Gasteiger partial charge on any atom is 0.259 e. The van der Waals surface area contributed by atoms with Crippen LogP contribution in [-0.2, 0) is 11.3 Å². The monoisotopic (exact) mass is 299 g/mol. The predicted molar refractivity (Wildman–Crippen MR) is 69.8 cm³/mol. The van der Waals surface area contributed by atoms with Gasteiger partial charge in [-0.15, -0.1) is 0 Å². The van der Waals surface area contributed by atoms with Gasteiger partial charge in [0, 0.05) is 6.92 Å². The van der Waals surface area contributed by atoms with Gasteiger partial charge in [-0.25, -0.2) is 4.21 Å². The van der Waals surface area contributed by atoms with Crippen LogP contribution in [0.25, 0.3) is 0 Å². The van der Waals surface area contributed by atoms with Gasteiger partial charge in [0.25, 0.3) is 11.3 Å². The summed E-state index contributed by atoms with van der Waals surface area (Å²) in [7, 11) is 0. The van der Waals surface area contributed by atoms with E-state index < -0.39 is 11.3 Å². The van der Waals surface area contributed by atoms with Crippen LogP contribution >= 0.6 is 35.4 Å². The minimum Gasteiger partial charge on any atom is -0.447 e. The fourth-order valence-corrected chi connectivity index (χ4v) is 1.93. The summed E-state index contributed by atoms with van der Waals surface area (Å²) >= 11 is 14.3. The Balaban J connectivity index is 3.06. The smallest absolute Gasteiger partial charge is 0.259 e. The number of nitrogens with one attached hydrogen (secondary N) is 1. The molecule has 4 nitrogen and oxygen atoms in total. The predicted octanol–water partition coefficient (Wildman–Crippen LogP) is 3.27. The Kier molecular flexibility index (Phi) is 4.94. The zero-order valence-corrected chi connectivity index (χ0v) is 11.1. The molecule has 1 atom stereocenters. The number of ether oxygens (including phenoxy) is 1. The van der Waals surface area contributed by atoms with Crippen LogP contribution in [0.4, 0.5) is 5.69 Å². The average Bonchev–Trinajstić information content (AvgIpc) is 2.10. The van der Waals surface area contributed by atoms with E-state index in [4.69, 9.17) is 44.7 Å². The van der Waals surface area contributed by atoms with Gasteiger partial charge in [0.2, 0.25) is 0 Å². The minimum atomic E-state index is -2.18. The van der Waals surface area contributed by atoms with Gasteiger partial charge in [0.15, 0.2) is 10.8 Å². The highest BCUT2D eigenvalue weighted by Crippen LogP contribution is 2.36. The van der Waals surface area contributed by atoms with Crippen molar-refractivity contribution in [2.75, 3.05) is 4.72 Å². The van der Waals surface area contributed by atoms with Crippen LogP contribution in [-0.4, -0.2) is 13.8 Å². The summed E-state index contributed by atoms with van der Waals surface area (Å²) in [6, 6.07) is 2.82. The van der Waals surface area contributed by atoms with Crippen LogP contribution in [0, 0.1) is 0 Å². The third-order valence-electron chi connectivity index (χ3n) is 1.45. The lowest BCUT2D eigenvalue weighted by Crippen LogP contribution is -2.04. The summed E-state index contributed by atoms with van der Waals surface area (Å²) in [5.74, 6) is 0.227. The SMILES string of the molecule is CC(=S)Oc1c(Cl)cc(NS(=O)O)cc1Cl. The molecule has 0 heterocycles. The number of benzene rings is 1. The molecule has 0 saturated heterocycles. The molecular weight excluding hydrogens is 293 g/mol. The first kappa shape index (κ1) is 13.7. The van der Waals surface area contributed by atoms with E-state index in [1.807, 2.05) is 0 Å². The van der Waals surface area contributed by atoms with Gasteiger partial charge in [-0.2, -0.15) is 0 Å². The normalized spacial score (nSPS) is 12.0. The molecule has 1 rings (SSSR count). The van der Waals surface area contributed by atoms with E-state index >= 15 is 0 Å². The zero-order chi connectivity index (χ0) is 12.3. The molecule has 1 aromatic carbocycles. The van der Waals surface area contributed by atoms with Crippen molar-refractivity contribution in [3.63, 3.8) is 0 Å². The molecule has 0 bridgehead atoms. The molecule has 0 spiro atoms. The van der Waals surface area contributed by atoms with Gasteiger partial charge >= 0.3 is 0 Å². The Morgan fingerprint density at radius 3 is 2.38 bits per heavy atom. The minimum absolute atomic E-state index is 0.199. The fraction of sp³-hybridized carbons (Fsp3) is 0.125. The van der Waals surface area contributed by atoms with Crippen LogP contribution in [0.5, 0.6) is 5.75 Å². The van der Waals surface area contributed by atoms with Crippen LogP contribution in [0.1, 0.15) is 6.92 Å². The van der Waals surface area contributed by atoms with Gasteiger partial charge in [-0.1, -0.05) is 23.2 Å². The summed E-state index contributed by atoms with van der Waals surface area (Å²) in [5, 5.41) is 0.671. The first-order chi connectivity index (χ1) is 7.40. The molecule has 8 heteroatoms. The molecule has 1 unspecified atom stereocenters. The third-order valence-corrected chi connectivity index (χ3v) is 2.50. The van der Waals surface area contributed by atoms with E-state index in [0.29, 0.717) is 5.69 Å². The average molecular weight is 300 g/mol. The summed E-state index contributed by atoms with van der Waals surface area (Å²) in [4.78, 5) is 0. The van der Waals surface area contributed by atoms with Gasteiger partial charge in [0.05, 0.1) is 15.7 Å². The lowest BCUT2D eigenvalue weighted by Gasteiger charge is -2.10. The molecular formula is C8H7Cl2NO3S2.